The summed E-state index contributed by atoms with van der Waals surface area (Å²) < 4.78 is 3.10. The fraction of sp³-hybridized carbons (Fsp3) is 0.130. The molecule has 0 fully saturated rings. The molecule has 0 aliphatic heterocycles. The fourth-order valence-electron chi connectivity index (χ4n) is 3.46. The number of imidazole rings is 1. The molecule has 0 radical (unpaired) electrons. The first-order valence-corrected chi connectivity index (χ1v) is 9.86. The predicted octanol–water partition coefficient (Wildman–Crippen LogP) is 3.11. The minimum absolute atomic E-state index is 0.111. The number of rotatable bonds is 6. The van der Waals surface area contributed by atoms with Gasteiger partial charge in [0.05, 0.1) is 11.0 Å². The van der Waals surface area contributed by atoms with E-state index >= 15 is 0 Å². The Morgan fingerprint density at radius 2 is 1.52 bits per heavy atom. The molecule has 2 aromatic heterocycles. The Bertz CT molecular complexity index is 1310. The summed E-state index contributed by atoms with van der Waals surface area (Å²) >= 11 is 0. The summed E-state index contributed by atoms with van der Waals surface area (Å²) in [5.41, 5.74) is 2.82. The van der Waals surface area contributed by atoms with Crippen LogP contribution in [0, 0.1) is 0 Å². The highest BCUT2D eigenvalue weighted by molar-refractivity contribution is 6.04. The van der Waals surface area contributed by atoms with Crippen molar-refractivity contribution in [2.75, 3.05) is 10.6 Å². The molecule has 0 unspecified atom stereocenters. The zero-order valence-corrected chi connectivity index (χ0v) is 16.9. The van der Waals surface area contributed by atoms with Crippen LogP contribution in [0.1, 0.15) is 17.3 Å². The van der Waals surface area contributed by atoms with Crippen LogP contribution in [-0.2, 0) is 17.9 Å². The summed E-state index contributed by atoms with van der Waals surface area (Å²) in [6.07, 6.45) is 3.09. The molecule has 0 saturated heterocycles. The van der Waals surface area contributed by atoms with E-state index in [0.717, 1.165) is 5.52 Å². The summed E-state index contributed by atoms with van der Waals surface area (Å²) in [5.74, 6) is -0.608. The summed E-state index contributed by atoms with van der Waals surface area (Å²) in [6.45, 7) is 2.30. The molecule has 2 aromatic carbocycles. The second kappa shape index (κ2) is 8.66. The number of hydrogen-bond acceptors (Lipinski definition) is 4. The van der Waals surface area contributed by atoms with E-state index in [9.17, 15) is 14.4 Å². The van der Waals surface area contributed by atoms with E-state index in [4.69, 9.17) is 0 Å². The van der Waals surface area contributed by atoms with E-state index in [-0.39, 0.29) is 24.0 Å². The molecule has 4 rings (SSSR count). The van der Waals surface area contributed by atoms with Crippen LogP contribution >= 0.6 is 0 Å². The van der Waals surface area contributed by atoms with E-state index in [1.165, 1.54) is 4.57 Å². The quantitative estimate of drug-likeness (QED) is 0.506. The van der Waals surface area contributed by atoms with Gasteiger partial charge in [-0.2, -0.15) is 0 Å². The number of carbonyl (C=O) groups is 2. The fourth-order valence-corrected chi connectivity index (χ4v) is 3.46. The van der Waals surface area contributed by atoms with Gasteiger partial charge in [-0.15, -0.1) is 0 Å². The Morgan fingerprint density at radius 1 is 0.871 bits per heavy atom. The Hall–Kier alpha value is -4.20. The molecule has 0 atom stereocenters. The van der Waals surface area contributed by atoms with Crippen molar-refractivity contribution in [2.24, 2.45) is 0 Å². The topological polar surface area (TPSA) is 98.0 Å². The maximum absolute atomic E-state index is 12.7. The lowest BCUT2D eigenvalue weighted by molar-refractivity contribution is -0.116. The van der Waals surface area contributed by atoms with Gasteiger partial charge in [0.15, 0.2) is 0 Å². The monoisotopic (exact) mass is 415 g/mol. The van der Waals surface area contributed by atoms with E-state index in [1.54, 1.807) is 53.4 Å². The Morgan fingerprint density at radius 3 is 2.19 bits per heavy atom. The molecule has 8 nitrogen and oxygen atoms in total. The highest BCUT2D eigenvalue weighted by atomic mass is 16.2. The largest absolute Gasteiger partial charge is 0.329 e. The second-order valence-electron chi connectivity index (χ2n) is 6.92. The number of aryl methyl sites for hydroxylation is 1. The molecule has 31 heavy (non-hydrogen) atoms. The number of nitrogens with one attached hydrogen (secondary N) is 2. The molecule has 0 aliphatic rings. The average Bonchev–Trinajstić information content (AvgIpc) is 3.05. The minimum atomic E-state index is -0.335. The minimum Gasteiger partial charge on any atom is -0.324 e. The second-order valence-corrected chi connectivity index (χ2v) is 6.92. The van der Waals surface area contributed by atoms with Gasteiger partial charge in [-0.3, -0.25) is 23.7 Å². The number of benzene rings is 2. The smallest absolute Gasteiger partial charge is 0.324 e. The van der Waals surface area contributed by atoms with E-state index < -0.39 is 0 Å². The van der Waals surface area contributed by atoms with Gasteiger partial charge in [0.1, 0.15) is 6.54 Å². The zero-order valence-electron chi connectivity index (χ0n) is 16.9. The number of nitrogens with zero attached hydrogens (tertiary/aromatic N) is 3. The van der Waals surface area contributed by atoms with Gasteiger partial charge in [-0.05, 0) is 49.4 Å². The molecule has 0 bridgehead atoms. The van der Waals surface area contributed by atoms with Gasteiger partial charge in [0, 0.05) is 35.9 Å². The number of amides is 2. The standard InChI is InChI=1S/C23H21N5O3/c1-2-27-19-8-3-4-9-20(19)28(23(27)31)15-21(29)25-17-6-5-7-18(14-17)26-22(30)16-10-12-24-13-11-16/h3-14H,2,15H2,1H3,(H,25,29)(H,26,30). The van der Waals surface area contributed by atoms with Crippen molar-refractivity contribution in [1.29, 1.82) is 0 Å². The normalized spacial score (nSPS) is 10.7. The first-order valence-electron chi connectivity index (χ1n) is 9.86. The van der Waals surface area contributed by atoms with Crippen molar-refractivity contribution in [2.45, 2.75) is 20.0 Å². The van der Waals surface area contributed by atoms with Gasteiger partial charge in [-0.1, -0.05) is 18.2 Å². The van der Waals surface area contributed by atoms with Gasteiger partial charge in [0.25, 0.3) is 5.91 Å². The molecule has 2 amide bonds. The van der Waals surface area contributed by atoms with Crippen molar-refractivity contribution in [3.8, 4) is 0 Å². The highest BCUT2D eigenvalue weighted by Crippen LogP contribution is 2.17. The summed E-state index contributed by atoms with van der Waals surface area (Å²) in [5, 5.41) is 5.58. The first-order chi connectivity index (χ1) is 15.1. The lowest BCUT2D eigenvalue weighted by Gasteiger charge is -2.09. The number of anilines is 2. The predicted molar refractivity (Wildman–Crippen MR) is 119 cm³/mol. The Balaban J connectivity index is 1.49. The van der Waals surface area contributed by atoms with Crippen LogP contribution in [0.5, 0.6) is 0 Å². The Labute approximate surface area is 178 Å². The number of carbonyl (C=O) groups excluding carboxylic acids is 2. The average molecular weight is 415 g/mol. The number of para-hydroxylation sites is 2. The number of fused-ring (bicyclic) bond motifs is 1. The van der Waals surface area contributed by atoms with Gasteiger partial charge >= 0.3 is 5.69 Å². The third-order valence-corrected chi connectivity index (χ3v) is 4.89. The number of aromatic nitrogens is 3. The molecule has 8 heteroatoms. The van der Waals surface area contributed by atoms with Crippen LogP contribution < -0.4 is 16.3 Å². The molecule has 2 heterocycles. The van der Waals surface area contributed by atoms with E-state index in [2.05, 4.69) is 15.6 Å². The maximum Gasteiger partial charge on any atom is 0.329 e. The lowest BCUT2D eigenvalue weighted by Crippen LogP contribution is -2.29. The van der Waals surface area contributed by atoms with Crippen molar-refractivity contribution in [1.82, 2.24) is 14.1 Å². The summed E-state index contributed by atoms with van der Waals surface area (Å²) in [7, 11) is 0. The number of hydrogen-bond donors (Lipinski definition) is 2. The molecule has 2 N–H and O–H groups in total. The third-order valence-electron chi connectivity index (χ3n) is 4.89. The van der Waals surface area contributed by atoms with Crippen LogP contribution in [0.4, 0.5) is 11.4 Å². The highest BCUT2D eigenvalue weighted by Gasteiger charge is 2.14. The molecule has 0 saturated carbocycles. The van der Waals surface area contributed by atoms with Crippen LogP contribution in [0.15, 0.2) is 77.9 Å². The summed E-state index contributed by atoms with van der Waals surface area (Å²) in [4.78, 5) is 41.6. The van der Waals surface area contributed by atoms with E-state index in [0.29, 0.717) is 29.0 Å². The molecular weight excluding hydrogens is 394 g/mol. The van der Waals surface area contributed by atoms with Crippen molar-refractivity contribution < 1.29 is 9.59 Å². The molecule has 0 aliphatic carbocycles. The summed E-state index contributed by atoms with van der Waals surface area (Å²) in [6, 6.07) is 17.5. The van der Waals surface area contributed by atoms with Crippen LogP contribution in [-0.4, -0.2) is 25.9 Å². The molecule has 0 spiro atoms. The van der Waals surface area contributed by atoms with Crippen molar-refractivity contribution >= 4 is 34.2 Å². The number of pyridine rings is 1. The van der Waals surface area contributed by atoms with Gasteiger partial charge in [-0.25, -0.2) is 4.79 Å². The van der Waals surface area contributed by atoms with Crippen LogP contribution in [0.3, 0.4) is 0 Å². The first kappa shape index (κ1) is 20.1. The van der Waals surface area contributed by atoms with Crippen LogP contribution in [0.25, 0.3) is 11.0 Å². The molecular formula is C23H21N5O3. The SMILES string of the molecule is CCn1c(=O)n(CC(=O)Nc2cccc(NC(=O)c3ccncc3)c2)c2ccccc21. The van der Waals surface area contributed by atoms with Crippen LogP contribution in [0.2, 0.25) is 0 Å². The van der Waals surface area contributed by atoms with Gasteiger partial charge < -0.3 is 10.6 Å². The molecule has 156 valence electrons. The lowest BCUT2D eigenvalue weighted by atomic mass is 10.2. The van der Waals surface area contributed by atoms with Crippen molar-refractivity contribution in [3.05, 3.63) is 89.1 Å². The molecule has 4 aromatic rings. The maximum atomic E-state index is 12.7. The zero-order chi connectivity index (χ0) is 21.8. The van der Waals surface area contributed by atoms with E-state index in [1.807, 2.05) is 31.2 Å². The van der Waals surface area contributed by atoms with Gasteiger partial charge in [0.2, 0.25) is 5.91 Å². The Kier molecular flexibility index (Phi) is 5.61. The van der Waals surface area contributed by atoms with Crippen molar-refractivity contribution in [3.63, 3.8) is 0 Å². The third kappa shape index (κ3) is 4.23.